The molecule has 0 spiro atoms. The summed E-state index contributed by atoms with van der Waals surface area (Å²) in [6.07, 6.45) is 35.8. The van der Waals surface area contributed by atoms with Crippen molar-refractivity contribution in [2.24, 2.45) is 0 Å². The molecule has 0 saturated heterocycles. The van der Waals surface area contributed by atoms with E-state index in [-0.39, 0.29) is 0 Å². The smallest absolute Gasteiger partial charge is 0.327 e. The van der Waals surface area contributed by atoms with Crippen LogP contribution in [-0.2, 0) is 9.59 Å². The molecule has 0 aromatic heterocycles. The predicted molar refractivity (Wildman–Crippen MR) is 151 cm³/mol. The number of carboxylic acid groups (broad SMARTS) is 2. The zero-order valence-electron chi connectivity index (χ0n) is 23.3. The number of allylic oxidation sites excluding steroid dienone is 2. The van der Waals surface area contributed by atoms with E-state index >= 15 is 0 Å². The highest BCUT2D eigenvalue weighted by molar-refractivity contribution is 5.79. The van der Waals surface area contributed by atoms with Gasteiger partial charge in [-0.3, -0.25) is 0 Å². The summed E-state index contributed by atoms with van der Waals surface area (Å²) in [4.78, 5) is 20.4. The molecule has 0 aromatic carbocycles. The Morgan fingerprint density at radius 3 is 0.886 bits per heavy atom. The van der Waals surface area contributed by atoms with Crippen molar-refractivity contribution in [1.82, 2.24) is 0 Å². The average molecular weight is 495 g/mol. The van der Waals surface area contributed by atoms with Gasteiger partial charge in [-0.15, -0.1) is 0 Å². The van der Waals surface area contributed by atoms with Gasteiger partial charge in [-0.25, -0.2) is 9.59 Å². The number of hydrogen-bond acceptors (Lipinski definition) is 2. The van der Waals surface area contributed by atoms with Gasteiger partial charge in [0, 0.05) is 12.2 Å². The van der Waals surface area contributed by atoms with E-state index in [0.29, 0.717) is 0 Å². The molecular formula is C31H58O4. The zero-order chi connectivity index (χ0) is 26.2. The Morgan fingerprint density at radius 1 is 0.429 bits per heavy atom. The number of unbranched alkanes of at least 4 members (excludes halogenated alkanes) is 21. The fraction of sp³-hybridized carbons (Fsp3) is 0.806. The molecule has 206 valence electrons. The summed E-state index contributed by atoms with van der Waals surface area (Å²) in [5, 5.41) is 16.8. The van der Waals surface area contributed by atoms with E-state index in [1.165, 1.54) is 134 Å². The van der Waals surface area contributed by atoms with Crippen LogP contribution in [0.3, 0.4) is 0 Å². The zero-order valence-corrected chi connectivity index (χ0v) is 23.3. The van der Waals surface area contributed by atoms with Crippen molar-refractivity contribution < 1.29 is 19.8 Å². The maximum absolute atomic E-state index is 10.2. The highest BCUT2D eigenvalue weighted by Crippen LogP contribution is 2.12. The molecule has 4 nitrogen and oxygen atoms in total. The maximum Gasteiger partial charge on any atom is 0.327 e. The van der Waals surface area contributed by atoms with Crippen LogP contribution in [0.2, 0.25) is 0 Å². The molecule has 0 aliphatic rings. The second kappa shape index (κ2) is 32.4. The highest BCUT2D eigenvalue weighted by Gasteiger charge is 1.94. The molecule has 2 N–H and O–H groups in total. The molecular weight excluding hydrogens is 436 g/mol. The molecule has 0 aliphatic heterocycles. The van der Waals surface area contributed by atoms with E-state index in [2.05, 4.69) is 13.8 Å². The van der Waals surface area contributed by atoms with Crippen molar-refractivity contribution in [3.05, 3.63) is 24.3 Å². The van der Waals surface area contributed by atoms with E-state index in [4.69, 9.17) is 10.2 Å². The van der Waals surface area contributed by atoms with Crippen molar-refractivity contribution >= 4 is 11.9 Å². The van der Waals surface area contributed by atoms with Crippen LogP contribution in [0.15, 0.2) is 24.3 Å². The quantitative estimate of drug-likeness (QED) is 0.0977. The predicted octanol–water partition coefficient (Wildman–Crippen LogP) is 10.3. The van der Waals surface area contributed by atoms with Crippen molar-refractivity contribution in [2.45, 2.75) is 162 Å². The van der Waals surface area contributed by atoms with Gasteiger partial charge in [0.25, 0.3) is 0 Å². The van der Waals surface area contributed by atoms with Crippen LogP contribution in [-0.4, -0.2) is 22.2 Å². The third kappa shape index (κ3) is 39.9. The Bertz CT molecular complexity index is 496. The largest absolute Gasteiger partial charge is 0.478 e. The Kier molecular flexibility index (Phi) is 33.0. The molecule has 0 saturated carbocycles. The van der Waals surface area contributed by atoms with E-state index < -0.39 is 11.9 Å². The fourth-order valence-electron chi connectivity index (χ4n) is 4.04. The standard InChI is InChI=1S/C16H30O2.C15H28O2/c1-2-3-4-5-6-7-8-9-10-11-12-13-14-15-16(17)18;1-2-3-4-5-6-7-8-9-10-11-12-13-14-15(16)17/h14-15H,2-13H2,1H3,(H,17,18);13-14H,2-12H2,1H3,(H,16,17). The fourth-order valence-corrected chi connectivity index (χ4v) is 4.04. The monoisotopic (exact) mass is 494 g/mol. The van der Waals surface area contributed by atoms with Gasteiger partial charge in [-0.1, -0.05) is 148 Å². The molecule has 0 aliphatic carbocycles. The van der Waals surface area contributed by atoms with Crippen molar-refractivity contribution in [3.63, 3.8) is 0 Å². The van der Waals surface area contributed by atoms with Gasteiger partial charge in [-0.2, -0.15) is 0 Å². The maximum atomic E-state index is 10.2. The van der Waals surface area contributed by atoms with Gasteiger partial charge in [0.2, 0.25) is 0 Å². The minimum atomic E-state index is -0.836. The molecule has 0 fully saturated rings. The molecule has 0 radical (unpaired) electrons. The first-order chi connectivity index (χ1) is 17.0. The first kappa shape index (κ1) is 35.6. The van der Waals surface area contributed by atoms with Gasteiger partial charge in [0.15, 0.2) is 0 Å². The number of carboxylic acids is 2. The van der Waals surface area contributed by atoms with E-state index in [0.717, 1.165) is 25.7 Å². The molecule has 0 atom stereocenters. The number of carbonyl (C=O) groups is 2. The lowest BCUT2D eigenvalue weighted by atomic mass is 10.1. The third-order valence-electron chi connectivity index (χ3n) is 6.22. The van der Waals surface area contributed by atoms with E-state index in [1.807, 2.05) is 0 Å². The minimum absolute atomic E-state index is 0.835. The van der Waals surface area contributed by atoms with Crippen LogP contribution >= 0.6 is 0 Å². The van der Waals surface area contributed by atoms with Crippen LogP contribution in [0.5, 0.6) is 0 Å². The summed E-state index contributed by atoms with van der Waals surface area (Å²) in [7, 11) is 0. The van der Waals surface area contributed by atoms with Gasteiger partial charge in [0.05, 0.1) is 0 Å². The van der Waals surface area contributed by atoms with Gasteiger partial charge in [-0.05, 0) is 25.7 Å². The van der Waals surface area contributed by atoms with Crippen molar-refractivity contribution in [2.75, 3.05) is 0 Å². The van der Waals surface area contributed by atoms with Gasteiger partial charge >= 0.3 is 11.9 Å². The van der Waals surface area contributed by atoms with Crippen molar-refractivity contribution in [3.8, 4) is 0 Å². The molecule has 0 amide bonds. The number of aliphatic carboxylic acids is 2. The van der Waals surface area contributed by atoms with Crippen LogP contribution in [0.25, 0.3) is 0 Å². The molecule has 0 aromatic rings. The van der Waals surface area contributed by atoms with Crippen LogP contribution in [0.1, 0.15) is 162 Å². The second-order valence-corrected chi connectivity index (χ2v) is 9.78. The number of rotatable bonds is 25. The lowest BCUT2D eigenvalue weighted by molar-refractivity contribution is -0.132. The highest BCUT2D eigenvalue weighted by atomic mass is 16.4. The van der Waals surface area contributed by atoms with E-state index in [1.54, 1.807) is 12.2 Å². The summed E-state index contributed by atoms with van der Waals surface area (Å²) >= 11 is 0. The third-order valence-corrected chi connectivity index (χ3v) is 6.22. The first-order valence-corrected chi connectivity index (χ1v) is 14.8. The summed E-state index contributed by atoms with van der Waals surface area (Å²) < 4.78 is 0. The Morgan fingerprint density at radius 2 is 0.657 bits per heavy atom. The summed E-state index contributed by atoms with van der Waals surface area (Å²) in [5.41, 5.74) is 0. The molecule has 4 heteroatoms. The molecule has 0 heterocycles. The Labute approximate surface area is 217 Å². The van der Waals surface area contributed by atoms with Crippen LogP contribution < -0.4 is 0 Å². The summed E-state index contributed by atoms with van der Waals surface area (Å²) in [6, 6.07) is 0. The molecule has 0 unspecified atom stereocenters. The van der Waals surface area contributed by atoms with Crippen molar-refractivity contribution in [1.29, 1.82) is 0 Å². The Hall–Kier alpha value is -1.58. The van der Waals surface area contributed by atoms with Crippen LogP contribution in [0, 0.1) is 0 Å². The number of hydrogen-bond donors (Lipinski definition) is 2. The summed E-state index contributed by atoms with van der Waals surface area (Å²) in [5.74, 6) is -1.67. The van der Waals surface area contributed by atoms with Gasteiger partial charge in [0.1, 0.15) is 0 Å². The lowest BCUT2D eigenvalue weighted by Crippen LogP contribution is -1.85. The Balaban J connectivity index is 0. The van der Waals surface area contributed by atoms with Crippen LogP contribution in [0.4, 0.5) is 0 Å². The lowest BCUT2D eigenvalue weighted by Gasteiger charge is -2.01. The summed E-state index contributed by atoms with van der Waals surface area (Å²) in [6.45, 7) is 4.50. The average Bonchev–Trinajstić information content (AvgIpc) is 2.83. The molecule has 0 bridgehead atoms. The second-order valence-electron chi connectivity index (χ2n) is 9.78. The normalized spacial score (nSPS) is 11.1. The van der Waals surface area contributed by atoms with E-state index in [9.17, 15) is 9.59 Å². The van der Waals surface area contributed by atoms with Gasteiger partial charge < -0.3 is 10.2 Å². The molecule has 0 rings (SSSR count). The minimum Gasteiger partial charge on any atom is -0.478 e. The molecule has 35 heavy (non-hydrogen) atoms. The first-order valence-electron chi connectivity index (χ1n) is 14.8. The topological polar surface area (TPSA) is 74.6 Å². The SMILES string of the molecule is CCCCCCCCCCCCC=CC(=O)O.CCCCCCCCCCCCCC=CC(=O)O.